The first-order chi connectivity index (χ1) is 10.1. The van der Waals surface area contributed by atoms with Crippen LogP contribution in [0.25, 0.3) is 0 Å². The fourth-order valence-corrected chi connectivity index (χ4v) is 2.89. The van der Waals surface area contributed by atoms with Gasteiger partial charge in [-0.25, -0.2) is 4.98 Å². The van der Waals surface area contributed by atoms with E-state index < -0.39 is 16.5 Å². The summed E-state index contributed by atoms with van der Waals surface area (Å²) in [7, 11) is 0. The Kier molecular flexibility index (Phi) is 5.08. The summed E-state index contributed by atoms with van der Waals surface area (Å²) in [6, 6.07) is 1.34. The van der Waals surface area contributed by atoms with Gasteiger partial charge in [0.2, 0.25) is 5.15 Å². The van der Waals surface area contributed by atoms with Gasteiger partial charge in [0.25, 0.3) is 5.91 Å². The molecule has 21 heavy (non-hydrogen) atoms. The highest BCUT2D eigenvalue weighted by Gasteiger charge is 2.33. The van der Waals surface area contributed by atoms with Gasteiger partial charge in [0.15, 0.2) is 0 Å². The number of nitrogens with zero attached hydrogens (tertiary/aromatic N) is 3. The quantitative estimate of drug-likeness (QED) is 0.509. The second-order valence-corrected chi connectivity index (χ2v) is 5.27. The van der Waals surface area contributed by atoms with Gasteiger partial charge in [0.05, 0.1) is 4.92 Å². The molecule has 0 spiro atoms. The molecule has 1 amide bonds. The summed E-state index contributed by atoms with van der Waals surface area (Å²) in [5.41, 5.74) is -0.479. The molecular weight excluding hydrogens is 298 g/mol. The lowest BCUT2D eigenvalue weighted by molar-refractivity contribution is -0.385. The van der Waals surface area contributed by atoms with E-state index in [1.807, 2.05) is 0 Å². The predicted molar refractivity (Wildman–Crippen MR) is 76.3 cm³/mol. The van der Waals surface area contributed by atoms with Gasteiger partial charge in [-0.05, 0) is 31.7 Å². The van der Waals surface area contributed by atoms with Crippen LogP contribution in [0, 0.1) is 10.1 Å². The smallest absolute Gasteiger partial charge is 0.319 e. The molecule has 2 rings (SSSR count). The monoisotopic (exact) mass is 313 g/mol. The second kappa shape index (κ2) is 6.82. The van der Waals surface area contributed by atoms with Crippen molar-refractivity contribution in [2.24, 2.45) is 0 Å². The molecule has 2 heterocycles. The molecule has 1 fully saturated rings. The predicted octanol–water partition coefficient (Wildman–Crippen LogP) is 2.02. The summed E-state index contributed by atoms with van der Waals surface area (Å²) in [5.74, 6) is -0.397. The number of amides is 1. The summed E-state index contributed by atoms with van der Waals surface area (Å²) >= 11 is 5.74. The number of rotatable bonds is 5. The first kappa shape index (κ1) is 15.7. The molecule has 114 valence electrons. The maximum Gasteiger partial charge on any atom is 0.319 e. The maximum absolute atomic E-state index is 12.6. The van der Waals surface area contributed by atoms with Crippen molar-refractivity contribution in [3.8, 4) is 0 Å². The highest BCUT2D eigenvalue weighted by molar-refractivity contribution is 6.32. The number of carbonyl (C=O) groups excluding carboxylic acids is 1. The standard InChI is InChI=1S/C13H16ClN3O4/c14-12-11(17(20)21)10(5-6-15-12)13(19)16-7-1-3-9(16)4-2-8-18/h5-6,9,18H,1-4,7-8H2. The fourth-order valence-electron chi connectivity index (χ4n) is 2.66. The Bertz CT molecular complexity index is 552. The van der Waals surface area contributed by atoms with Crippen molar-refractivity contribution in [1.82, 2.24) is 9.88 Å². The van der Waals surface area contributed by atoms with Gasteiger partial charge in [-0.1, -0.05) is 11.6 Å². The Balaban J connectivity index is 2.27. The Morgan fingerprint density at radius 2 is 2.38 bits per heavy atom. The molecule has 1 aliphatic rings. The molecule has 1 unspecified atom stereocenters. The number of halogens is 1. The van der Waals surface area contributed by atoms with Crippen molar-refractivity contribution in [2.45, 2.75) is 31.7 Å². The van der Waals surface area contributed by atoms with E-state index in [0.717, 1.165) is 12.8 Å². The van der Waals surface area contributed by atoms with Crippen LogP contribution in [0.4, 0.5) is 5.69 Å². The molecule has 1 saturated heterocycles. The zero-order chi connectivity index (χ0) is 15.4. The number of pyridine rings is 1. The van der Waals surface area contributed by atoms with Crippen LogP contribution < -0.4 is 0 Å². The number of aliphatic hydroxyl groups is 1. The van der Waals surface area contributed by atoms with Gasteiger partial charge in [0.1, 0.15) is 5.56 Å². The van der Waals surface area contributed by atoms with E-state index in [1.54, 1.807) is 4.90 Å². The zero-order valence-corrected chi connectivity index (χ0v) is 12.1. The van der Waals surface area contributed by atoms with E-state index in [9.17, 15) is 14.9 Å². The van der Waals surface area contributed by atoms with Crippen LogP contribution in [0.3, 0.4) is 0 Å². The lowest BCUT2D eigenvalue weighted by Crippen LogP contribution is -2.36. The van der Waals surface area contributed by atoms with Crippen molar-refractivity contribution in [3.05, 3.63) is 33.1 Å². The van der Waals surface area contributed by atoms with Crippen molar-refractivity contribution in [3.63, 3.8) is 0 Å². The van der Waals surface area contributed by atoms with Crippen molar-refractivity contribution < 1.29 is 14.8 Å². The van der Waals surface area contributed by atoms with Gasteiger partial charge in [-0.15, -0.1) is 0 Å². The number of carbonyl (C=O) groups is 1. The van der Waals surface area contributed by atoms with Crippen LogP contribution in [0.5, 0.6) is 0 Å². The fraction of sp³-hybridized carbons (Fsp3) is 0.538. The van der Waals surface area contributed by atoms with Gasteiger partial charge in [-0.3, -0.25) is 14.9 Å². The third-order valence-corrected chi connectivity index (χ3v) is 3.90. The molecule has 1 aromatic heterocycles. The molecule has 0 radical (unpaired) electrons. The molecule has 0 saturated carbocycles. The Morgan fingerprint density at radius 1 is 1.62 bits per heavy atom. The van der Waals surface area contributed by atoms with Crippen LogP contribution >= 0.6 is 11.6 Å². The van der Waals surface area contributed by atoms with Crippen LogP contribution in [0.15, 0.2) is 12.3 Å². The zero-order valence-electron chi connectivity index (χ0n) is 11.4. The van der Waals surface area contributed by atoms with E-state index in [-0.39, 0.29) is 23.4 Å². The number of hydrogen-bond donors (Lipinski definition) is 1. The van der Waals surface area contributed by atoms with Crippen LogP contribution in [-0.2, 0) is 0 Å². The van der Waals surface area contributed by atoms with Crippen molar-refractivity contribution >= 4 is 23.2 Å². The van der Waals surface area contributed by atoms with E-state index in [0.29, 0.717) is 19.4 Å². The maximum atomic E-state index is 12.6. The third-order valence-electron chi connectivity index (χ3n) is 3.63. The molecule has 7 nitrogen and oxygen atoms in total. The molecule has 0 aromatic carbocycles. The Hall–Kier alpha value is -1.73. The van der Waals surface area contributed by atoms with Crippen LogP contribution in [0.2, 0.25) is 5.15 Å². The van der Waals surface area contributed by atoms with E-state index in [1.165, 1.54) is 12.3 Å². The molecule has 0 bridgehead atoms. The van der Waals surface area contributed by atoms with Crippen LogP contribution in [0.1, 0.15) is 36.0 Å². The lowest BCUT2D eigenvalue weighted by atomic mass is 10.1. The first-order valence-corrected chi connectivity index (χ1v) is 7.14. The summed E-state index contributed by atoms with van der Waals surface area (Å²) in [4.78, 5) is 28.3. The number of aliphatic hydroxyl groups excluding tert-OH is 1. The SMILES string of the molecule is O=C(c1ccnc(Cl)c1[N+](=O)[O-])N1CCCC1CCCO. The van der Waals surface area contributed by atoms with Crippen molar-refractivity contribution in [2.75, 3.05) is 13.2 Å². The minimum absolute atomic E-state index is 0.0104. The normalized spacial score (nSPS) is 18.0. The summed E-state index contributed by atoms with van der Waals surface area (Å²) < 4.78 is 0. The van der Waals surface area contributed by atoms with Crippen molar-refractivity contribution in [1.29, 1.82) is 0 Å². The molecular formula is C13H16ClN3O4. The minimum Gasteiger partial charge on any atom is -0.396 e. The van der Waals surface area contributed by atoms with Gasteiger partial charge >= 0.3 is 5.69 Å². The molecule has 1 N–H and O–H groups in total. The lowest BCUT2D eigenvalue weighted by Gasteiger charge is -2.24. The minimum atomic E-state index is -0.679. The summed E-state index contributed by atoms with van der Waals surface area (Å²) in [6.45, 7) is 0.631. The third kappa shape index (κ3) is 3.30. The van der Waals surface area contributed by atoms with E-state index >= 15 is 0 Å². The number of nitro groups is 1. The molecule has 1 aromatic rings. The Morgan fingerprint density at radius 3 is 3.05 bits per heavy atom. The van der Waals surface area contributed by atoms with Gasteiger partial charge in [0, 0.05) is 25.4 Å². The largest absolute Gasteiger partial charge is 0.396 e. The average Bonchev–Trinajstić information content (AvgIpc) is 2.91. The molecule has 0 aliphatic carbocycles. The average molecular weight is 314 g/mol. The molecule has 8 heteroatoms. The highest BCUT2D eigenvalue weighted by atomic mass is 35.5. The first-order valence-electron chi connectivity index (χ1n) is 6.77. The summed E-state index contributed by atoms with van der Waals surface area (Å²) in [6.07, 6.45) is 4.29. The van der Waals surface area contributed by atoms with Gasteiger partial charge < -0.3 is 10.0 Å². The molecule has 1 aliphatic heterocycles. The van der Waals surface area contributed by atoms with Crippen LogP contribution in [-0.4, -0.2) is 45.0 Å². The van der Waals surface area contributed by atoms with E-state index in [2.05, 4.69) is 4.98 Å². The van der Waals surface area contributed by atoms with Gasteiger partial charge in [-0.2, -0.15) is 0 Å². The molecule has 1 atom stereocenters. The topological polar surface area (TPSA) is 96.6 Å². The number of likely N-dealkylation sites (tertiary alicyclic amines) is 1. The second-order valence-electron chi connectivity index (χ2n) is 4.92. The highest BCUT2D eigenvalue weighted by Crippen LogP contribution is 2.30. The summed E-state index contributed by atoms with van der Waals surface area (Å²) in [5, 5.41) is 19.7. The van der Waals surface area contributed by atoms with E-state index in [4.69, 9.17) is 16.7 Å². The number of hydrogen-bond acceptors (Lipinski definition) is 5. The number of aromatic nitrogens is 1. The Labute approximate surface area is 126 Å².